The number of methoxy groups -OCH3 is 1. The molecule has 0 aromatic heterocycles. The van der Waals surface area contributed by atoms with Crippen LogP contribution in [0, 0.1) is 15.9 Å². The van der Waals surface area contributed by atoms with E-state index in [9.17, 15) is 24.1 Å². The summed E-state index contributed by atoms with van der Waals surface area (Å²) in [7, 11) is 1.41. The number of carbonyl (C=O) groups excluding carboxylic acids is 2. The molecule has 12 heteroatoms. The molecular formula is C23H18BrFN4O6. The first kappa shape index (κ1) is 25.3. The Bertz CT molecular complexity index is 1280. The van der Waals surface area contributed by atoms with Crippen LogP contribution in [0.25, 0.3) is 0 Å². The molecule has 0 aliphatic heterocycles. The van der Waals surface area contributed by atoms with Crippen molar-refractivity contribution in [3.63, 3.8) is 0 Å². The van der Waals surface area contributed by atoms with Gasteiger partial charge >= 0.3 is 0 Å². The number of ether oxygens (including phenoxy) is 2. The zero-order valence-electron chi connectivity index (χ0n) is 18.2. The van der Waals surface area contributed by atoms with Gasteiger partial charge < -0.3 is 14.8 Å². The molecular weight excluding hydrogens is 527 g/mol. The quantitative estimate of drug-likeness (QED) is 0.234. The SMILES string of the molecule is COc1cc(/C=N/NC(=O)c2cccc([N+](=O)[O-])c2)cc(Br)c1OCC(=O)Nc1ccc(F)cc1. The van der Waals surface area contributed by atoms with Gasteiger partial charge in [-0.25, -0.2) is 9.82 Å². The van der Waals surface area contributed by atoms with Crippen molar-refractivity contribution in [1.82, 2.24) is 5.43 Å². The number of halogens is 2. The number of hydrogen-bond donors (Lipinski definition) is 2. The van der Waals surface area contributed by atoms with E-state index in [0.29, 0.717) is 21.5 Å². The standard InChI is InChI=1S/C23H18BrFN4O6/c1-34-20-10-14(12-26-28-23(31)15-3-2-4-18(11-15)29(32)33)9-19(24)22(20)35-13-21(30)27-17-7-5-16(25)6-8-17/h2-12H,13H2,1H3,(H,27,30)(H,28,31)/b26-12+. The average Bonchev–Trinajstić information content (AvgIpc) is 2.84. The highest BCUT2D eigenvalue weighted by molar-refractivity contribution is 9.10. The molecule has 0 bridgehead atoms. The predicted octanol–water partition coefficient (Wildman–Crippen LogP) is 4.29. The van der Waals surface area contributed by atoms with E-state index in [0.717, 1.165) is 6.07 Å². The number of nitro groups is 1. The number of hydrogen-bond acceptors (Lipinski definition) is 7. The van der Waals surface area contributed by atoms with Crippen LogP contribution in [0.3, 0.4) is 0 Å². The first-order valence-electron chi connectivity index (χ1n) is 9.90. The molecule has 2 amide bonds. The third kappa shape index (κ3) is 7.08. The number of anilines is 1. The van der Waals surface area contributed by atoms with Crippen LogP contribution in [0.1, 0.15) is 15.9 Å². The lowest BCUT2D eigenvalue weighted by atomic mass is 10.2. The van der Waals surface area contributed by atoms with E-state index in [2.05, 4.69) is 31.8 Å². The number of carbonyl (C=O) groups is 2. The molecule has 3 aromatic carbocycles. The number of nitrogens with zero attached hydrogens (tertiary/aromatic N) is 2. The molecule has 35 heavy (non-hydrogen) atoms. The molecule has 0 spiro atoms. The zero-order chi connectivity index (χ0) is 25.4. The number of hydrazone groups is 1. The first-order chi connectivity index (χ1) is 16.8. The van der Waals surface area contributed by atoms with Crippen LogP contribution in [0.2, 0.25) is 0 Å². The Morgan fingerprint density at radius 3 is 2.60 bits per heavy atom. The summed E-state index contributed by atoms with van der Waals surface area (Å²) in [5.41, 5.74) is 3.11. The Labute approximate surface area is 207 Å². The second-order valence-electron chi connectivity index (χ2n) is 6.88. The van der Waals surface area contributed by atoms with E-state index in [4.69, 9.17) is 9.47 Å². The molecule has 0 saturated heterocycles. The third-order valence-corrected chi connectivity index (χ3v) is 5.02. The minimum atomic E-state index is -0.622. The Kier molecular flexibility index (Phi) is 8.46. The van der Waals surface area contributed by atoms with Gasteiger partial charge in [-0.3, -0.25) is 19.7 Å². The molecule has 0 aliphatic rings. The molecule has 0 saturated carbocycles. The van der Waals surface area contributed by atoms with Gasteiger partial charge in [-0.15, -0.1) is 0 Å². The highest BCUT2D eigenvalue weighted by Crippen LogP contribution is 2.36. The monoisotopic (exact) mass is 544 g/mol. The van der Waals surface area contributed by atoms with Crippen LogP contribution in [0.4, 0.5) is 15.8 Å². The maximum atomic E-state index is 13.0. The smallest absolute Gasteiger partial charge is 0.271 e. The second kappa shape index (κ2) is 11.7. The third-order valence-electron chi connectivity index (χ3n) is 4.43. The Hall–Kier alpha value is -4.32. The summed E-state index contributed by atoms with van der Waals surface area (Å²) in [4.78, 5) is 34.6. The largest absolute Gasteiger partial charge is 0.493 e. The van der Waals surface area contributed by atoms with Crippen molar-refractivity contribution in [2.45, 2.75) is 0 Å². The fourth-order valence-corrected chi connectivity index (χ4v) is 3.39. The lowest BCUT2D eigenvalue weighted by molar-refractivity contribution is -0.384. The van der Waals surface area contributed by atoms with Crippen LogP contribution >= 0.6 is 15.9 Å². The molecule has 0 aliphatic carbocycles. The summed E-state index contributed by atoms with van der Waals surface area (Å²) in [6.07, 6.45) is 1.34. The fraction of sp³-hybridized carbons (Fsp3) is 0.0870. The fourth-order valence-electron chi connectivity index (χ4n) is 2.81. The molecule has 0 unspecified atom stereocenters. The lowest BCUT2D eigenvalue weighted by Crippen LogP contribution is -2.20. The van der Waals surface area contributed by atoms with E-state index in [1.54, 1.807) is 12.1 Å². The van der Waals surface area contributed by atoms with Crippen molar-refractivity contribution in [2.75, 3.05) is 19.0 Å². The van der Waals surface area contributed by atoms with Crippen LogP contribution in [-0.4, -0.2) is 36.7 Å². The summed E-state index contributed by atoms with van der Waals surface area (Å²) < 4.78 is 24.3. The second-order valence-corrected chi connectivity index (χ2v) is 7.74. The zero-order valence-corrected chi connectivity index (χ0v) is 19.7. The van der Waals surface area contributed by atoms with Gasteiger partial charge in [-0.05, 0) is 64.0 Å². The van der Waals surface area contributed by atoms with Crippen molar-refractivity contribution in [3.8, 4) is 11.5 Å². The van der Waals surface area contributed by atoms with Gasteiger partial charge in [-0.2, -0.15) is 5.10 Å². The number of nitrogens with one attached hydrogen (secondary N) is 2. The van der Waals surface area contributed by atoms with E-state index in [-0.39, 0.29) is 23.6 Å². The lowest BCUT2D eigenvalue weighted by Gasteiger charge is -2.13. The molecule has 2 N–H and O–H groups in total. The molecule has 3 rings (SSSR count). The van der Waals surface area contributed by atoms with Gasteiger partial charge in [0.05, 0.1) is 22.7 Å². The summed E-state index contributed by atoms with van der Waals surface area (Å²) >= 11 is 3.35. The topological polar surface area (TPSA) is 132 Å². The van der Waals surface area contributed by atoms with Crippen LogP contribution in [-0.2, 0) is 4.79 Å². The Balaban J connectivity index is 1.63. The van der Waals surface area contributed by atoms with E-state index in [1.807, 2.05) is 0 Å². The normalized spacial score (nSPS) is 10.6. The Morgan fingerprint density at radius 1 is 1.17 bits per heavy atom. The number of non-ortho nitro benzene ring substituents is 1. The van der Waals surface area contributed by atoms with E-state index < -0.39 is 22.6 Å². The van der Waals surface area contributed by atoms with Crippen molar-refractivity contribution < 1.29 is 28.4 Å². The number of amides is 2. The molecule has 0 fully saturated rings. The minimum absolute atomic E-state index is 0.0813. The van der Waals surface area contributed by atoms with Crippen LogP contribution < -0.4 is 20.2 Å². The van der Waals surface area contributed by atoms with Gasteiger partial charge in [0.15, 0.2) is 18.1 Å². The van der Waals surface area contributed by atoms with Crippen LogP contribution in [0.15, 0.2) is 70.2 Å². The number of rotatable bonds is 9. The highest BCUT2D eigenvalue weighted by atomic mass is 79.9. The van der Waals surface area contributed by atoms with E-state index >= 15 is 0 Å². The molecule has 0 heterocycles. The Morgan fingerprint density at radius 2 is 1.91 bits per heavy atom. The molecule has 0 radical (unpaired) electrons. The van der Waals surface area contributed by atoms with Crippen molar-refractivity contribution in [3.05, 3.63) is 92.2 Å². The van der Waals surface area contributed by atoms with Gasteiger partial charge in [0.2, 0.25) is 0 Å². The predicted molar refractivity (Wildman–Crippen MR) is 129 cm³/mol. The minimum Gasteiger partial charge on any atom is -0.493 e. The maximum absolute atomic E-state index is 13.0. The van der Waals surface area contributed by atoms with Crippen molar-refractivity contribution >= 4 is 45.3 Å². The highest BCUT2D eigenvalue weighted by Gasteiger charge is 2.14. The summed E-state index contributed by atoms with van der Waals surface area (Å²) in [5, 5.41) is 17.3. The maximum Gasteiger partial charge on any atom is 0.271 e. The van der Waals surface area contributed by atoms with Gasteiger partial charge in [0.1, 0.15) is 5.82 Å². The van der Waals surface area contributed by atoms with Gasteiger partial charge in [0, 0.05) is 23.4 Å². The summed E-state index contributed by atoms with van der Waals surface area (Å²) in [6, 6.07) is 13.7. The molecule has 180 valence electrons. The summed E-state index contributed by atoms with van der Waals surface area (Å²) in [6.45, 7) is -0.334. The number of nitro benzene ring substituents is 1. The van der Waals surface area contributed by atoms with Crippen molar-refractivity contribution in [2.24, 2.45) is 5.10 Å². The first-order valence-corrected chi connectivity index (χ1v) is 10.7. The molecule has 10 nitrogen and oxygen atoms in total. The van der Waals surface area contributed by atoms with Gasteiger partial charge in [-0.1, -0.05) is 6.07 Å². The van der Waals surface area contributed by atoms with Crippen LogP contribution in [0.5, 0.6) is 11.5 Å². The van der Waals surface area contributed by atoms with Gasteiger partial charge in [0.25, 0.3) is 17.5 Å². The van der Waals surface area contributed by atoms with E-state index in [1.165, 1.54) is 55.8 Å². The average molecular weight is 545 g/mol. The number of benzene rings is 3. The van der Waals surface area contributed by atoms with Crippen molar-refractivity contribution in [1.29, 1.82) is 0 Å². The molecule has 3 aromatic rings. The summed E-state index contributed by atoms with van der Waals surface area (Å²) in [5.74, 6) is -0.941. The molecule has 0 atom stereocenters.